The molecule has 2 aromatic carbocycles. The van der Waals surface area contributed by atoms with Gasteiger partial charge in [0, 0.05) is 44.9 Å². The molecule has 1 saturated heterocycles. The smallest absolute Gasteiger partial charge is 0.317 e. The molecule has 9 nitrogen and oxygen atoms in total. The van der Waals surface area contributed by atoms with Crippen LogP contribution in [0.2, 0.25) is 0 Å². The minimum absolute atomic E-state index is 0.131. The average Bonchev–Trinajstić information content (AvgIpc) is 2.86. The van der Waals surface area contributed by atoms with Crippen LogP contribution in [0.25, 0.3) is 0 Å². The molecule has 1 N–H and O–H groups in total. The molecular weight excluding hydrogens is 414 g/mol. The van der Waals surface area contributed by atoms with Gasteiger partial charge in [0.2, 0.25) is 0 Å². The molecule has 1 fully saturated rings. The van der Waals surface area contributed by atoms with E-state index in [1.807, 2.05) is 12.1 Å². The Morgan fingerprint density at radius 1 is 0.781 bits per heavy atom. The number of methoxy groups -OCH3 is 4. The highest BCUT2D eigenvalue weighted by Crippen LogP contribution is 2.26. The minimum Gasteiger partial charge on any atom is -0.497 e. The first-order valence-corrected chi connectivity index (χ1v) is 10.2. The van der Waals surface area contributed by atoms with E-state index < -0.39 is 0 Å². The predicted octanol–water partition coefficient (Wildman–Crippen LogP) is 2.39. The lowest BCUT2D eigenvalue weighted by molar-refractivity contribution is 0.0661. The number of nitrogens with zero attached hydrogens (tertiary/aromatic N) is 2. The van der Waals surface area contributed by atoms with E-state index in [4.69, 9.17) is 18.9 Å². The summed E-state index contributed by atoms with van der Waals surface area (Å²) in [6.07, 6.45) is 0. The molecule has 0 radical (unpaired) electrons. The van der Waals surface area contributed by atoms with Crippen LogP contribution >= 0.6 is 0 Å². The monoisotopic (exact) mass is 443 g/mol. The van der Waals surface area contributed by atoms with Gasteiger partial charge in [0.25, 0.3) is 5.91 Å². The van der Waals surface area contributed by atoms with E-state index in [2.05, 4.69) is 5.32 Å². The highest BCUT2D eigenvalue weighted by atomic mass is 16.5. The van der Waals surface area contributed by atoms with Crippen molar-refractivity contribution in [3.05, 3.63) is 47.5 Å². The molecule has 0 spiro atoms. The van der Waals surface area contributed by atoms with Gasteiger partial charge >= 0.3 is 6.03 Å². The summed E-state index contributed by atoms with van der Waals surface area (Å²) >= 11 is 0. The molecule has 32 heavy (non-hydrogen) atoms. The molecule has 3 amide bonds. The van der Waals surface area contributed by atoms with Gasteiger partial charge in [0.05, 0.1) is 34.0 Å². The van der Waals surface area contributed by atoms with Crippen LogP contribution in [-0.4, -0.2) is 76.4 Å². The van der Waals surface area contributed by atoms with Gasteiger partial charge in [-0.3, -0.25) is 4.79 Å². The van der Waals surface area contributed by atoms with Gasteiger partial charge in [-0.05, 0) is 29.8 Å². The number of carbonyl (C=O) groups is 2. The Morgan fingerprint density at radius 3 is 1.94 bits per heavy atom. The molecule has 0 atom stereocenters. The summed E-state index contributed by atoms with van der Waals surface area (Å²) in [4.78, 5) is 29.0. The van der Waals surface area contributed by atoms with Crippen molar-refractivity contribution in [1.82, 2.24) is 15.1 Å². The predicted molar refractivity (Wildman–Crippen MR) is 119 cm³/mol. The fourth-order valence-corrected chi connectivity index (χ4v) is 3.52. The fraction of sp³-hybridized carbons (Fsp3) is 0.391. The number of benzene rings is 2. The van der Waals surface area contributed by atoms with Crippen LogP contribution in [-0.2, 0) is 6.54 Å². The number of ether oxygens (including phenoxy) is 4. The number of urea groups is 1. The van der Waals surface area contributed by atoms with Crippen molar-refractivity contribution in [2.75, 3.05) is 54.6 Å². The first-order chi connectivity index (χ1) is 15.5. The minimum atomic E-state index is -0.180. The van der Waals surface area contributed by atoms with Crippen molar-refractivity contribution in [2.45, 2.75) is 6.54 Å². The Kier molecular flexibility index (Phi) is 7.64. The van der Waals surface area contributed by atoms with Crippen molar-refractivity contribution in [1.29, 1.82) is 0 Å². The average molecular weight is 444 g/mol. The molecule has 1 heterocycles. The van der Waals surface area contributed by atoms with E-state index in [-0.39, 0.29) is 11.9 Å². The van der Waals surface area contributed by atoms with Crippen LogP contribution in [0.5, 0.6) is 23.0 Å². The molecule has 0 aliphatic carbocycles. The number of carbonyl (C=O) groups excluding carboxylic acids is 2. The second kappa shape index (κ2) is 10.6. The zero-order valence-electron chi connectivity index (χ0n) is 18.8. The van der Waals surface area contributed by atoms with Gasteiger partial charge in [-0.15, -0.1) is 0 Å². The first-order valence-electron chi connectivity index (χ1n) is 10.2. The maximum absolute atomic E-state index is 12.9. The Labute approximate surface area is 187 Å². The summed E-state index contributed by atoms with van der Waals surface area (Å²) in [5, 5.41) is 2.92. The largest absolute Gasteiger partial charge is 0.497 e. The third kappa shape index (κ3) is 5.35. The van der Waals surface area contributed by atoms with E-state index >= 15 is 0 Å². The van der Waals surface area contributed by atoms with Crippen LogP contribution in [0.4, 0.5) is 4.79 Å². The van der Waals surface area contributed by atoms with Crippen LogP contribution in [0.3, 0.4) is 0 Å². The second-order valence-corrected chi connectivity index (χ2v) is 7.23. The van der Waals surface area contributed by atoms with Crippen molar-refractivity contribution in [3.63, 3.8) is 0 Å². The molecular formula is C23H29N3O6. The first kappa shape index (κ1) is 23.1. The third-order valence-electron chi connectivity index (χ3n) is 5.35. The maximum atomic E-state index is 12.9. The Hall–Kier alpha value is -3.62. The molecule has 0 saturated carbocycles. The van der Waals surface area contributed by atoms with E-state index in [1.165, 1.54) is 7.11 Å². The highest BCUT2D eigenvalue weighted by molar-refractivity contribution is 5.97. The molecule has 172 valence electrons. The molecule has 1 aliphatic heterocycles. The Balaban J connectivity index is 1.55. The summed E-state index contributed by atoms with van der Waals surface area (Å²) in [7, 11) is 6.25. The second-order valence-electron chi connectivity index (χ2n) is 7.23. The summed E-state index contributed by atoms with van der Waals surface area (Å²) in [5.74, 6) is 2.27. The topological polar surface area (TPSA) is 89.6 Å². The van der Waals surface area contributed by atoms with Crippen LogP contribution < -0.4 is 24.3 Å². The molecule has 3 rings (SSSR count). The molecule has 2 aromatic rings. The summed E-state index contributed by atoms with van der Waals surface area (Å²) < 4.78 is 21.1. The fourth-order valence-electron chi connectivity index (χ4n) is 3.52. The standard InChI is InChI=1S/C23H29N3O6/c1-29-17-5-6-20(21(14-17)32-4)22(27)25-7-9-26(10-8-25)23(28)24-15-16-11-18(30-2)13-19(12-16)31-3/h5-6,11-14H,7-10,15H2,1-4H3,(H,24,28). The summed E-state index contributed by atoms with van der Waals surface area (Å²) in [6.45, 7) is 2.10. The van der Waals surface area contributed by atoms with Crippen molar-refractivity contribution < 1.29 is 28.5 Å². The number of nitrogens with one attached hydrogen (secondary N) is 1. The number of piperazine rings is 1. The van der Waals surface area contributed by atoms with E-state index in [9.17, 15) is 9.59 Å². The van der Waals surface area contributed by atoms with Gasteiger partial charge in [-0.2, -0.15) is 0 Å². The van der Waals surface area contributed by atoms with E-state index in [0.29, 0.717) is 61.3 Å². The van der Waals surface area contributed by atoms with Gasteiger partial charge in [0.15, 0.2) is 0 Å². The van der Waals surface area contributed by atoms with E-state index in [1.54, 1.807) is 55.4 Å². The number of hydrogen-bond donors (Lipinski definition) is 1. The molecule has 9 heteroatoms. The quantitative estimate of drug-likeness (QED) is 0.707. The lowest BCUT2D eigenvalue weighted by atomic mass is 10.1. The third-order valence-corrected chi connectivity index (χ3v) is 5.35. The van der Waals surface area contributed by atoms with Gasteiger partial charge in [-0.1, -0.05) is 0 Å². The normalized spacial score (nSPS) is 13.4. The van der Waals surface area contributed by atoms with Crippen LogP contribution in [0.15, 0.2) is 36.4 Å². The molecule has 0 unspecified atom stereocenters. The molecule has 1 aliphatic rings. The Morgan fingerprint density at radius 2 is 1.38 bits per heavy atom. The van der Waals surface area contributed by atoms with Crippen molar-refractivity contribution in [2.24, 2.45) is 0 Å². The zero-order valence-corrected chi connectivity index (χ0v) is 18.8. The maximum Gasteiger partial charge on any atom is 0.317 e. The molecule has 0 aromatic heterocycles. The lowest BCUT2D eigenvalue weighted by Crippen LogP contribution is -2.53. The highest BCUT2D eigenvalue weighted by Gasteiger charge is 2.26. The Bertz CT molecular complexity index is 934. The number of hydrogen-bond acceptors (Lipinski definition) is 6. The van der Waals surface area contributed by atoms with Crippen molar-refractivity contribution in [3.8, 4) is 23.0 Å². The van der Waals surface area contributed by atoms with Crippen LogP contribution in [0.1, 0.15) is 15.9 Å². The zero-order chi connectivity index (χ0) is 23.1. The van der Waals surface area contributed by atoms with E-state index in [0.717, 1.165) is 5.56 Å². The van der Waals surface area contributed by atoms with Gasteiger partial charge in [0.1, 0.15) is 23.0 Å². The van der Waals surface area contributed by atoms with Gasteiger partial charge < -0.3 is 34.1 Å². The van der Waals surface area contributed by atoms with Gasteiger partial charge in [-0.25, -0.2) is 4.79 Å². The SMILES string of the molecule is COc1cc(CNC(=O)N2CCN(C(=O)c3ccc(OC)cc3OC)CC2)cc(OC)c1. The summed E-state index contributed by atoms with van der Waals surface area (Å²) in [5.41, 5.74) is 1.34. The number of amides is 3. The number of rotatable bonds is 7. The molecule has 0 bridgehead atoms. The lowest BCUT2D eigenvalue weighted by Gasteiger charge is -2.35. The van der Waals surface area contributed by atoms with Crippen molar-refractivity contribution >= 4 is 11.9 Å². The summed E-state index contributed by atoms with van der Waals surface area (Å²) in [6, 6.07) is 10.4. The van der Waals surface area contributed by atoms with Crippen LogP contribution in [0, 0.1) is 0 Å².